The molecule has 9 heteroatoms. The predicted molar refractivity (Wildman–Crippen MR) is 69.3 cm³/mol. The smallest absolute Gasteiger partial charge is 0.387 e. The summed E-state index contributed by atoms with van der Waals surface area (Å²) in [7, 11) is -2.11. The number of rotatable bonds is 5. The Morgan fingerprint density at radius 1 is 1.43 bits per heavy atom. The first-order valence-electron chi connectivity index (χ1n) is 6.26. The Morgan fingerprint density at radius 2 is 2.14 bits per heavy atom. The lowest BCUT2D eigenvalue weighted by Gasteiger charge is -2.17. The highest BCUT2D eigenvalue weighted by atomic mass is 32.2. The summed E-state index contributed by atoms with van der Waals surface area (Å²) in [5.74, 6) is -1.82. The standard InChI is InChI=1S/C12H15F3N2O3S/c1-16-8-4-5-17(7-8)21(18,19)9-2-3-11(10(13)6-9)20-12(14)15/h2-3,6,8,12,16H,4-5,7H2,1H3. The van der Waals surface area contributed by atoms with E-state index >= 15 is 0 Å². The van der Waals surface area contributed by atoms with Crippen LogP contribution in [0, 0.1) is 5.82 Å². The van der Waals surface area contributed by atoms with Gasteiger partial charge < -0.3 is 10.1 Å². The molecule has 0 aliphatic carbocycles. The molecule has 0 amide bonds. The van der Waals surface area contributed by atoms with Crippen molar-refractivity contribution in [2.45, 2.75) is 24.0 Å². The van der Waals surface area contributed by atoms with E-state index in [2.05, 4.69) is 10.1 Å². The summed E-state index contributed by atoms with van der Waals surface area (Å²) in [6.07, 6.45) is 0.658. The highest BCUT2D eigenvalue weighted by molar-refractivity contribution is 7.89. The average Bonchev–Trinajstić information content (AvgIpc) is 2.90. The molecule has 118 valence electrons. The van der Waals surface area contributed by atoms with Crippen LogP contribution in [0.3, 0.4) is 0 Å². The van der Waals surface area contributed by atoms with Gasteiger partial charge in [-0.25, -0.2) is 12.8 Å². The van der Waals surface area contributed by atoms with Gasteiger partial charge in [0.2, 0.25) is 10.0 Å². The van der Waals surface area contributed by atoms with Gasteiger partial charge in [-0.05, 0) is 31.7 Å². The Morgan fingerprint density at radius 3 is 2.67 bits per heavy atom. The number of nitrogens with one attached hydrogen (secondary N) is 1. The lowest BCUT2D eigenvalue weighted by Crippen LogP contribution is -2.33. The molecule has 0 saturated carbocycles. The Hall–Kier alpha value is -1.32. The minimum absolute atomic E-state index is 0.0473. The van der Waals surface area contributed by atoms with Gasteiger partial charge in [0.15, 0.2) is 11.6 Å². The number of hydrogen-bond donors (Lipinski definition) is 1. The maximum Gasteiger partial charge on any atom is 0.387 e. The van der Waals surface area contributed by atoms with Crippen molar-refractivity contribution in [1.29, 1.82) is 0 Å². The van der Waals surface area contributed by atoms with Gasteiger partial charge in [0.1, 0.15) is 0 Å². The minimum Gasteiger partial charge on any atom is -0.432 e. The minimum atomic E-state index is -3.84. The van der Waals surface area contributed by atoms with Crippen molar-refractivity contribution in [2.24, 2.45) is 0 Å². The van der Waals surface area contributed by atoms with E-state index in [1.54, 1.807) is 7.05 Å². The largest absolute Gasteiger partial charge is 0.432 e. The molecular formula is C12H15F3N2O3S. The van der Waals surface area contributed by atoms with Crippen LogP contribution in [0.2, 0.25) is 0 Å². The lowest BCUT2D eigenvalue weighted by atomic mass is 10.3. The third-order valence-electron chi connectivity index (χ3n) is 3.32. The molecule has 1 aliphatic heterocycles. The second-order valence-corrected chi connectivity index (χ2v) is 6.55. The van der Waals surface area contributed by atoms with Crippen LogP contribution in [0.5, 0.6) is 5.75 Å². The van der Waals surface area contributed by atoms with E-state index in [1.165, 1.54) is 4.31 Å². The molecule has 2 rings (SSSR count). The molecule has 0 bridgehead atoms. The number of halogens is 3. The summed E-state index contributed by atoms with van der Waals surface area (Å²) >= 11 is 0. The van der Waals surface area contributed by atoms with Gasteiger partial charge >= 0.3 is 6.61 Å². The predicted octanol–water partition coefficient (Wildman–Crippen LogP) is 1.41. The van der Waals surface area contributed by atoms with Gasteiger partial charge in [0.05, 0.1) is 4.90 Å². The van der Waals surface area contributed by atoms with Crippen molar-refractivity contribution < 1.29 is 26.3 Å². The van der Waals surface area contributed by atoms with Crippen LogP contribution in [-0.4, -0.2) is 45.5 Å². The molecule has 0 aromatic heterocycles. The van der Waals surface area contributed by atoms with Crippen molar-refractivity contribution >= 4 is 10.0 Å². The van der Waals surface area contributed by atoms with Crippen molar-refractivity contribution in [3.05, 3.63) is 24.0 Å². The lowest BCUT2D eigenvalue weighted by molar-refractivity contribution is -0.0522. The SMILES string of the molecule is CNC1CCN(S(=O)(=O)c2ccc(OC(F)F)c(F)c2)C1. The number of alkyl halides is 2. The van der Waals surface area contributed by atoms with Gasteiger partial charge in [0.25, 0.3) is 0 Å². The number of ether oxygens (including phenoxy) is 1. The summed E-state index contributed by atoms with van der Waals surface area (Å²) in [6.45, 7) is -2.56. The third kappa shape index (κ3) is 3.47. The maximum absolute atomic E-state index is 13.6. The van der Waals surface area contributed by atoms with E-state index in [9.17, 15) is 21.6 Å². The van der Waals surface area contributed by atoms with Crippen molar-refractivity contribution in [3.63, 3.8) is 0 Å². The zero-order valence-corrected chi connectivity index (χ0v) is 12.0. The van der Waals surface area contributed by atoms with Gasteiger partial charge in [-0.1, -0.05) is 0 Å². The highest BCUT2D eigenvalue weighted by Crippen LogP contribution is 2.26. The van der Waals surface area contributed by atoms with Gasteiger partial charge in [-0.3, -0.25) is 0 Å². The molecule has 1 unspecified atom stereocenters. The molecular weight excluding hydrogens is 309 g/mol. The molecule has 1 aromatic rings. The van der Waals surface area contributed by atoms with E-state index < -0.39 is 28.2 Å². The summed E-state index contributed by atoms with van der Waals surface area (Å²) in [4.78, 5) is -0.279. The van der Waals surface area contributed by atoms with Gasteiger partial charge in [-0.15, -0.1) is 0 Å². The number of benzene rings is 1. The zero-order chi connectivity index (χ0) is 15.6. The molecule has 1 aromatic carbocycles. The molecule has 1 N–H and O–H groups in total. The second kappa shape index (κ2) is 6.20. The molecule has 0 radical (unpaired) electrons. The van der Waals surface area contributed by atoms with E-state index in [-0.39, 0.29) is 17.5 Å². The number of likely N-dealkylation sites (N-methyl/N-ethyl adjacent to an activating group) is 1. The first-order valence-corrected chi connectivity index (χ1v) is 7.70. The fraction of sp³-hybridized carbons (Fsp3) is 0.500. The van der Waals surface area contributed by atoms with Crippen molar-refractivity contribution in [2.75, 3.05) is 20.1 Å². The van der Waals surface area contributed by atoms with Crippen LogP contribution < -0.4 is 10.1 Å². The normalized spacial score (nSPS) is 20.1. The van der Waals surface area contributed by atoms with Crippen LogP contribution in [0.4, 0.5) is 13.2 Å². The zero-order valence-electron chi connectivity index (χ0n) is 11.2. The van der Waals surface area contributed by atoms with Crippen LogP contribution in [0.25, 0.3) is 0 Å². The Bertz CT molecular complexity index is 610. The number of nitrogens with zero attached hydrogens (tertiary/aromatic N) is 1. The van der Waals surface area contributed by atoms with E-state index in [1.807, 2.05) is 0 Å². The Labute approximate surface area is 120 Å². The van der Waals surface area contributed by atoms with Crippen molar-refractivity contribution in [3.8, 4) is 5.75 Å². The van der Waals surface area contributed by atoms with Gasteiger partial charge in [0, 0.05) is 19.1 Å². The number of hydrogen-bond acceptors (Lipinski definition) is 4. The quantitative estimate of drug-likeness (QED) is 0.890. The molecule has 1 heterocycles. The fourth-order valence-electron chi connectivity index (χ4n) is 2.16. The summed E-state index contributed by atoms with van der Waals surface area (Å²) in [6, 6.07) is 2.69. The third-order valence-corrected chi connectivity index (χ3v) is 5.18. The van der Waals surface area contributed by atoms with E-state index in [0.29, 0.717) is 19.0 Å². The van der Waals surface area contributed by atoms with Crippen molar-refractivity contribution in [1.82, 2.24) is 9.62 Å². The Kier molecular flexibility index (Phi) is 4.74. The topological polar surface area (TPSA) is 58.6 Å². The molecule has 21 heavy (non-hydrogen) atoms. The van der Waals surface area contributed by atoms with Crippen LogP contribution in [0.1, 0.15) is 6.42 Å². The fourth-order valence-corrected chi connectivity index (χ4v) is 3.68. The van der Waals surface area contributed by atoms with E-state index in [4.69, 9.17) is 0 Å². The summed E-state index contributed by atoms with van der Waals surface area (Å²) < 4.78 is 67.5. The molecule has 5 nitrogen and oxygen atoms in total. The number of sulfonamides is 1. The summed E-state index contributed by atoms with van der Waals surface area (Å²) in [5, 5.41) is 2.98. The highest BCUT2D eigenvalue weighted by Gasteiger charge is 2.32. The van der Waals surface area contributed by atoms with Crippen LogP contribution in [0.15, 0.2) is 23.1 Å². The molecule has 1 fully saturated rings. The van der Waals surface area contributed by atoms with E-state index in [0.717, 1.165) is 12.1 Å². The second-order valence-electron chi connectivity index (χ2n) is 4.61. The average molecular weight is 324 g/mol. The first-order chi connectivity index (χ1) is 9.84. The van der Waals surface area contributed by atoms with Gasteiger partial charge in [-0.2, -0.15) is 13.1 Å². The molecule has 1 atom stereocenters. The molecule has 0 spiro atoms. The maximum atomic E-state index is 13.6. The monoisotopic (exact) mass is 324 g/mol. The summed E-state index contributed by atoms with van der Waals surface area (Å²) in [5.41, 5.74) is 0. The molecule has 1 aliphatic rings. The Balaban J connectivity index is 2.23. The first kappa shape index (κ1) is 16.1. The van der Waals surface area contributed by atoms with Crippen LogP contribution >= 0.6 is 0 Å². The molecule has 1 saturated heterocycles. The van der Waals surface area contributed by atoms with Crippen LogP contribution in [-0.2, 0) is 10.0 Å².